The van der Waals surface area contributed by atoms with E-state index in [2.05, 4.69) is 10.3 Å². The fraction of sp³-hybridized carbons (Fsp3) is 0.222. The second-order valence-corrected chi connectivity index (χ2v) is 8.08. The first-order valence-corrected chi connectivity index (χ1v) is 9.55. The van der Waals surface area contributed by atoms with Crippen LogP contribution in [0, 0.1) is 0 Å². The minimum Gasteiger partial charge on any atom is -0.321 e. The highest BCUT2D eigenvalue weighted by molar-refractivity contribution is 7.91. The Morgan fingerprint density at radius 2 is 1.92 bits per heavy atom. The van der Waals surface area contributed by atoms with Crippen molar-refractivity contribution in [2.24, 2.45) is 0 Å². The molecule has 1 aromatic heterocycles. The van der Waals surface area contributed by atoms with Crippen molar-refractivity contribution >= 4 is 27.5 Å². The molecule has 0 atom stereocenters. The fourth-order valence-corrected chi connectivity index (χ4v) is 3.94. The number of nitrogens with one attached hydrogen (secondary N) is 1. The maximum atomic E-state index is 12.3. The summed E-state index contributed by atoms with van der Waals surface area (Å²) in [5.41, 5.74) is 3.21. The Balaban J connectivity index is 1.73. The first-order chi connectivity index (χ1) is 11.5. The second kappa shape index (κ2) is 6.97. The van der Waals surface area contributed by atoms with Gasteiger partial charge < -0.3 is 5.32 Å². The predicted molar refractivity (Wildman–Crippen MR) is 94.5 cm³/mol. The molecule has 2 aromatic rings. The number of amides is 1. The van der Waals surface area contributed by atoms with E-state index < -0.39 is 9.84 Å². The Hall–Kier alpha value is -2.47. The van der Waals surface area contributed by atoms with Crippen molar-refractivity contribution in [3.8, 4) is 0 Å². The molecule has 1 saturated heterocycles. The van der Waals surface area contributed by atoms with Crippen LogP contribution in [-0.4, -0.2) is 30.8 Å². The molecule has 24 heavy (non-hydrogen) atoms. The molecule has 1 aliphatic rings. The third-order valence-corrected chi connectivity index (χ3v) is 5.56. The maximum Gasteiger partial charge on any atom is 0.255 e. The lowest BCUT2D eigenvalue weighted by Gasteiger charge is -2.14. The number of hydrogen-bond donors (Lipinski definition) is 1. The van der Waals surface area contributed by atoms with E-state index in [9.17, 15) is 13.2 Å². The predicted octanol–water partition coefficient (Wildman–Crippen LogP) is 2.93. The van der Waals surface area contributed by atoms with E-state index >= 15 is 0 Å². The van der Waals surface area contributed by atoms with Gasteiger partial charge in [0.25, 0.3) is 5.91 Å². The molecule has 0 spiro atoms. The molecule has 1 N–H and O–H groups in total. The van der Waals surface area contributed by atoms with Crippen LogP contribution in [0.25, 0.3) is 6.08 Å². The highest BCUT2D eigenvalue weighted by Gasteiger charge is 2.18. The number of carbonyl (C=O) groups is 1. The summed E-state index contributed by atoms with van der Waals surface area (Å²) >= 11 is 0. The average molecular weight is 342 g/mol. The molecule has 3 rings (SSSR count). The van der Waals surface area contributed by atoms with Crippen LogP contribution >= 0.6 is 0 Å². The van der Waals surface area contributed by atoms with Gasteiger partial charge in [0.2, 0.25) is 0 Å². The van der Waals surface area contributed by atoms with Crippen LogP contribution in [0.1, 0.15) is 28.8 Å². The summed E-state index contributed by atoms with van der Waals surface area (Å²) in [6.45, 7) is 0. The van der Waals surface area contributed by atoms with Crippen LogP contribution in [0.2, 0.25) is 0 Å². The van der Waals surface area contributed by atoms with E-state index in [-0.39, 0.29) is 17.4 Å². The summed E-state index contributed by atoms with van der Waals surface area (Å²) < 4.78 is 23.0. The number of nitrogens with zero attached hydrogens (tertiary/aromatic N) is 1. The number of anilines is 1. The Kier molecular flexibility index (Phi) is 4.76. The van der Waals surface area contributed by atoms with Gasteiger partial charge in [-0.25, -0.2) is 8.42 Å². The summed E-state index contributed by atoms with van der Waals surface area (Å²) in [4.78, 5) is 16.3. The molecule has 124 valence electrons. The highest BCUT2D eigenvalue weighted by Crippen LogP contribution is 2.21. The van der Waals surface area contributed by atoms with Gasteiger partial charge in [0, 0.05) is 11.8 Å². The lowest BCUT2D eigenvalue weighted by Crippen LogP contribution is -2.17. The number of sulfone groups is 1. The van der Waals surface area contributed by atoms with Gasteiger partial charge in [-0.15, -0.1) is 0 Å². The number of carbonyl (C=O) groups excluding carboxylic acids is 1. The van der Waals surface area contributed by atoms with E-state index in [4.69, 9.17) is 0 Å². The fourth-order valence-electron chi connectivity index (χ4n) is 2.59. The van der Waals surface area contributed by atoms with E-state index in [0.29, 0.717) is 24.1 Å². The van der Waals surface area contributed by atoms with Crippen LogP contribution in [0.4, 0.5) is 5.69 Å². The zero-order chi connectivity index (χ0) is 17.0. The van der Waals surface area contributed by atoms with E-state index in [1.54, 1.807) is 30.6 Å². The van der Waals surface area contributed by atoms with Crippen LogP contribution in [0.5, 0.6) is 0 Å². The van der Waals surface area contributed by atoms with Crippen molar-refractivity contribution in [2.45, 2.75) is 12.8 Å². The van der Waals surface area contributed by atoms with Gasteiger partial charge in [-0.3, -0.25) is 9.78 Å². The van der Waals surface area contributed by atoms with Crippen LogP contribution in [0.3, 0.4) is 0 Å². The molecule has 1 aliphatic heterocycles. The summed E-state index contributed by atoms with van der Waals surface area (Å²) in [6.07, 6.45) is 6.34. The minimum atomic E-state index is -2.88. The van der Waals surface area contributed by atoms with Gasteiger partial charge >= 0.3 is 0 Å². The molecule has 5 nitrogen and oxygen atoms in total. The van der Waals surface area contributed by atoms with E-state index in [1.807, 2.05) is 24.3 Å². The first kappa shape index (κ1) is 16.4. The molecular weight excluding hydrogens is 324 g/mol. The molecule has 1 fully saturated rings. The molecule has 0 saturated carbocycles. The first-order valence-electron chi connectivity index (χ1n) is 7.73. The molecule has 1 amide bonds. The molecule has 6 heteroatoms. The smallest absolute Gasteiger partial charge is 0.255 e. The molecule has 0 unspecified atom stereocenters. The largest absolute Gasteiger partial charge is 0.321 e. The summed E-state index contributed by atoms with van der Waals surface area (Å²) in [7, 11) is -2.88. The van der Waals surface area contributed by atoms with Gasteiger partial charge in [-0.2, -0.15) is 0 Å². The van der Waals surface area contributed by atoms with Crippen molar-refractivity contribution in [1.29, 1.82) is 0 Å². The standard InChI is InChI=1S/C18H18N2O3S/c21-18(20-17-5-2-8-19-13-17)16-4-1-3-15(12-16)11-14-6-9-24(22,23)10-7-14/h1-5,8,11-13H,6-7,9-10H2,(H,20,21). The number of aromatic nitrogens is 1. The Morgan fingerprint density at radius 1 is 1.12 bits per heavy atom. The Labute approximate surface area is 141 Å². The quantitative estimate of drug-likeness (QED) is 0.930. The van der Waals surface area contributed by atoms with Crippen LogP contribution < -0.4 is 5.32 Å². The van der Waals surface area contributed by atoms with Crippen molar-refractivity contribution < 1.29 is 13.2 Å². The molecular formula is C18H18N2O3S. The zero-order valence-electron chi connectivity index (χ0n) is 13.1. The number of rotatable bonds is 3. The lowest BCUT2D eigenvalue weighted by molar-refractivity contribution is 0.102. The lowest BCUT2D eigenvalue weighted by atomic mass is 10.0. The Bertz CT molecular complexity index is 858. The number of benzene rings is 1. The maximum absolute atomic E-state index is 12.3. The van der Waals surface area contributed by atoms with Gasteiger partial charge in [-0.05, 0) is 42.7 Å². The van der Waals surface area contributed by atoms with E-state index in [1.165, 1.54) is 0 Å². The number of pyridine rings is 1. The molecule has 2 heterocycles. The third kappa shape index (κ3) is 4.29. The monoisotopic (exact) mass is 342 g/mol. The SMILES string of the molecule is O=C(Nc1cccnc1)c1cccc(C=C2CCS(=O)(=O)CC2)c1. The zero-order valence-corrected chi connectivity index (χ0v) is 13.9. The van der Waals surface area contributed by atoms with Gasteiger partial charge in [0.05, 0.1) is 23.4 Å². The highest BCUT2D eigenvalue weighted by atomic mass is 32.2. The summed E-state index contributed by atoms with van der Waals surface area (Å²) in [6, 6.07) is 10.8. The molecule has 0 aliphatic carbocycles. The molecule has 1 aromatic carbocycles. The average Bonchev–Trinajstić information content (AvgIpc) is 2.58. The van der Waals surface area contributed by atoms with Crippen molar-refractivity contribution in [2.75, 3.05) is 16.8 Å². The van der Waals surface area contributed by atoms with Crippen molar-refractivity contribution in [3.63, 3.8) is 0 Å². The van der Waals surface area contributed by atoms with Gasteiger partial charge in [-0.1, -0.05) is 23.8 Å². The van der Waals surface area contributed by atoms with Gasteiger partial charge in [0.1, 0.15) is 0 Å². The normalized spacial score (nSPS) is 16.4. The van der Waals surface area contributed by atoms with Crippen molar-refractivity contribution in [3.05, 3.63) is 65.5 Å². The third-order valence-electron chi connectivity index (χ3n) is 3.91. The van der Waals surface area contributed by atoms with Gasteiger partial charge in [0.15, 0.2) is 9.84 Å². The van der Waals surface area contributed by atoms with E-state index in [0.717, 1.165) is 11.1 Å². The Morgan fingerprint density at radius 3 is 2.62 bits per heavy atom. The summed E-state index contributed by atoms with van der Waals surface area (Å²) in [5.74, 6) is 0.217. The minimum absolute atomic E-state index is 0.200. The van der Waals surface area contributed by atoms with Crippen molar-refractivity contribution in [1.82, 2.24) is 4.98 Å². The second-order valence-electron chi connectivity index (χ2n) is 5.78. The number of hydrogen-bond acceptors (Lipinski definition) is 4. The summed E-state index contributed by atoms with van der Waals surface area (Å²) in [5, 5.41) is 2.80. The topological polar surface area (TPSA) is 76.1 Å². The number of allylic oxidation sites excluding steroid dienone is 1. The van der Waals surface area contributed by atoms with Crippen LogP contribution in [-0.2, 0) is 9.84 Å². The molecule has 0 bridgehead atoms. The van der Waals surface area contributed by atoms with Crippen LogP contribution in [0.15, 0.2) is 54.4 Å². The molecule has 0 radical (unpaired) electrons.